The van der Waals surface area contributed by atoms with Crippen molar-refractivity contribution < 1.29 is 17.9 Å². The molecule has 2 aromatic rings. The summed E-state index contributed by atoms with van der Waals surface area (Å²) >= 11 is 0. The zero-order chi connectivity index (χ0) is 18.2. The summed E-state index contributed by atoms with van der Waals surface area (Å²) in [5.41, 5.74) is -0.144. The molecule has 1 aliphatic rings. The molecule has 25 heavy (non-hydrogen) atoms. The summed E-state index contributed by atoms with van der Waals surface area (Å²) < 4.78 is 31.9. The summed E-state index contributed by atoms with van der Waals surface area (Å²) in [6.45, 7) is 8.96. The lowest BCUT2D eigenvalue weighted by molar-refractivity contribution is -0.152. The van der Waals surface area contributed by atoms with Crippen LogP contribution >= 0.6 is 0 Å². The van der Waals surface area contributed by atoms with E-state index in [9.17, 15) is 13.2 Å². The lowest BCUT2D eigenvalue weighted by Crippen LogP contribution is -2.39. The predicted octanol–water partition coefficient (Wildman–Crippen LogP) is 3.77. The molecule has 1 aliphatic heterocycles. The summed E-state index contributed by atoms with van der Waals surface area (Å²) in [6.07, 6.45) is 1.87. The molecule has 3 rings (SSSR count). The Bertz CT molecular complexity index is 933. The van der Waals surface area contributed by atoms with Gasteiger partial charge in [-0.25, -0.2) is 13.2 Å². The number of rotatable bonds is 4. The number of hydrogen-bond donors (Lipinski definition) is 0. The van der Waals surface area contributed by atoms with E-state index in [1.54, 1.807) is 49.4 Å². The van der Waals surface area contributed by atoms with Crippen molar-refractivity contribution in [1.82, 2.24) is 0 Å². The molecule has 0 aromatic heterocycles. The normalized spacial score (nSPS) is 16.2. The van der Waals surface area contributed by atoms with Gasteiger partial charge in [-0.05, 0) is 19.1 Å². The maximum absolute atomic E-state index is 13.0. The van der Waals surface area contributed by atoms with Gasteiger partial charge < -0.3 is 4.74 Å². The molecule has 0 unspecified atom stereocenters. The van der Waals surface area contributed by atoms with Gasteiger partial charge in [0.15, 0.2) is 5.60 Å². The maximum atomic E-state index is 13.0. The largest absolute Gasteiger partial charge is 0.445 e. The zero-order valence-corrected chi connectivity index (χ0v) is 14.7. The van der Waals surface area contributed by atoms with E-state index in [0.29, 0.717) is 11.1 Å². The molecule has 0 spiro atoms. The Hall–Kier alpha value is -2.66. The fourth-order valence-corrected chi connectivity index (χ4v) is 4.95. The Labute approximate surface area is 147 Å². The SMILES string of the molecule is C=CCC1(OC(=O)C(=C)C)c2ccccc2S(=O)(=O)c2ccccc21. The van der Waals surface area contributed by atoms with Crippen molar-refractivity contribution >= 4 is 15.8 Å². The minimum absolute atomic E-state index is 0.144. The highest BCUT2D eigenvalue weighted by Gasteiger charge is 2.48. The van der Waals surface area contributed by atoms with Crippen LogP contribution in [0.2, 0.25) is 0 Å². The van der Waals surface area contributed by atoms with Gasteiger partial charge in [-0.2, -0.15) is 0 Å². The van der Waals surface area contributed by atoms with Gasteiger partial charge in [0.25, 0.3) is 0 Å². The van der Waals surface area contributed by atoms with Gasteiger partial charge in [-0.1, -0.05) is 49.1 Å². The van der Waals surface area contributed by atoms with E-state index in [1.807, 2.05) is 0 Å². The molecule has 0 atom stereocenters. The summed E-state index contributed by atoms with van der Waals surface area (Å²) in [6, 6.07) is 13.2. The van der Waals surface area contributed by atoms with Crippen molar-refractivity contribution in [2.24, 2.45) is 0 Å². The number of carbonyl (C=O) groups is 1. The topological polar surface area (TPSA) is 60.4 Å². The number of hydrogen-bond acceptors (Lipinski definition) is 4. The fraction of sp³-hybridized carbons (Fsp3) is 0.150. The Morgan fingerprint density at radius 2 is 1.56 bits per heavy atom. The number of esters is 1. The first-order valence-corrected chi connectivity index (χ1v) is 9.27. The second-order valence-corrected chi connectivity index (χ2v) is 7.87. The molecule has 1 heterocycles. The highest BCUT2D eigenvalue weighted by atomic mass is 32.2. The lowest BCUT2D eigenvalue weighted by atomic mass is 9.82. The van der Waals surface area contributed by atoms with Crippen LogP contribution in [-0.2, 0) is 25.0 Å². The average molecular weight is 354 g/mol. The molecule has 0 saturated heterocycles. The van der Waals surface area contributed by atoms with E-state index in [2.05, 4.69) is 13.2 Å². The number of sulfone groups is 1. The van der Waals surface area contributed by atoms with Crippen LogP contribution in [-0.4, -0.2) is 14.4 Å². The standard InChI is InChI=1S/C20H18O4S/c1-4-13-20(24-19(21)14(2)3)15-9-5-7-11-17(15)25(22,23)18-12-8-6-10-16(18)20/h4-12H,1-2,13H2,3H3. The van der Waals surface area contributed by atoms with E-state index in [4.69, 9.17) is 4.74 Å². The zero-order valence-electron chi connectivity index (χ0n) is 13.9. The predicted molar refractivity (Wildman–Crippen MR) is 94.8 cm³/mol. The first-order chi connectivity index (χ1) is 11.8. The van der Waals surface area contributed by atoms with Gasteiger partial charge in [-0.3, -0.25) is 0 Å². The van der Waals surface area contributed by atoms with Gasteiger partial charge in [0.05, 0.1) is 9.79 Å². The second kappa shape index (κ2) is 6.01. The van der Waals surface area contributed by atoms with Crippen LogP contribution in [0.5, 0.6) is 0 Å². The van der Waals surface area contributed by atoms with Crippen molar-refractivity contribution in [3.05, 3.63) is 84.5 Å². The van der Waals surface area contributed by atoms with Crippen molar-refractivity contribution in [3.63, 3.8) is 0 Å². The Kier molecular flexibility index (Phi) is 4.13. The van der Waals surface area contributed by atoms with Crippen molar-refractivity contribution in [2.75, 3.05) is 0 Å². The highest BCUT2D eigenvalue weighted by molar-refractivity contribution is 7.91. The average Bonchev–Trinajstić information content (AvgIpc) is 2.60. The van der Waals surface area contributed by atoms with Crippen LogP contribution in [0, 0.1) is 0 Å². The van der Waals surface area contributed by atoms with Crippen LogP contribution < -0.4 is 0 Å². The van der Waals surface area contributed by atoms with Crippen LogP contribution in [0.15, 0.2) is 83.1 Å². The van der Waals surface area contributed by atoms with E-state index in [1.165, 1.54) is 12.1 Å². The smallest absolute Gasteiger partial charge is 0.334 e. The monoisotopic (exact) mass is 354 g/mol. The van der Waals surface area contributed by atoms with E-state index >= 15 is 0 Å². The molecule has 4 nitrogen and oxygen atoms in total. The first-order valence-electron chi connectivity index (χ1n) is 7.78. The van der Waals surface area contributed by atoms with Crippen LogP contribution in [0.25, 0.3) is 0 Å². The molecule has 5 heteroatoms. The van der Waals surface area contributed by atoms with E-state index in [-0.39, 0.29) is 21.8 Å². The summed E-state index contributed by atoms with van der Waals surface area (Å²) in [5.74, 6) is -0.578. The minimum atomic E-state index is -3.69. The molecular weight excluding hydrogens is 336 g/mol. The molecule has 0 N–H and O–H groups in total. The van der Waals surface area contributed by atoms with Crippen molar-refractivity contribution in [3.8, 4) is 0 Å². The molecule has 0 fully saturated rings. The first kappa shape index (κ1) is 17.2. The van der Waals surface area contributed by atoms with Gasteiger partial charge in [0, 0.05) is 23.1 Å². The minimum Gasteiger partial charge on any atom is -0.445 e. The fourth-order valence-electron chi connectivity index (χ4n) is 3.15. The molecule has 0 aliphatic carbocycles. The molecule has 0 amide bonds. The number of fused-ring (bicyclic) bond motifs is 2. The van der Waals surface area contributed by atoms with Crippen molar-refractivity contribution in [1.29, 1.82) is 0 Å². The highest BCUT2D eigenvalue weighted by Crippen LogP contribution is 2.48. The number of benzene rings is 2. The Morgan fingerprint density at radius 1 is 1.08 bits per heavy atom. The molecule has 0 bridgehead atoms. The van der Waals surface area contributed by atoms with Crippen molar-refractivity contribution in [2.45, 2.75) is 28.7 Å². The molecule has 2 aromatic carbocycles. The van der Waals surface area contributed by atoms with Crippen LogP contribution in [0.1, 0.15) is 24.5 Å². The Morgan fingerprint density at radius 3 is 2.00 bits per heavy atom. The third kappa shape index (κ3) is 2.51. The van der Waals surface area contributed by atoms with Gasteiger partial charge >= 0.3 is 5.97 Å². The molecular formula is C20H18O4S. The van der Waals surface area contributed by atoms with Gasteiger partial charge in [0.2, 0.25) is 9.84 Å². The third-order valence-electron chi connectivity index (χ3n) is 4.27. The molecule has 0 saturated carbocycles. The van der Waals surface area contributed by atoms with Gasteiger partial charge in [-0.15, -0.1) is 6.58 Å². The van der Waals surface area contributed by atoms with Crippen LogP contribution in [0.3, 0.4) is 0 Å². The van der Waals surface area contributed by atoms with Crippen LogP contribution in [0.4, 0.5) is 0 Å². The molecule has 128 valence electrons. The number of carbonyl (C=O) groups excluding carboxylic acids is 1. The molecule has 0 radical (unpaired) electrons. The van der Waals surface area contributed by atoms with E-state index < -0.39 is 21.4 Å². The maximum Gasteiger partial charge on any atom is 0.334 e. The summed E-state index contributed by atoms with van der Waals surface area (Å²) in [4.78, 5) is 12.7. The van der Waals surface area contributed by atoms with Gasteiger partial charge in [0.1, 0.15) is 0 Å². The number of ether oxygens (including phenoxy) is 1. The quantitative estimate of drug-likeness (QED) is 0.476. The van der Waals surface area contributed by atoms with E-state index in [0.717, 1.165) is 0 Å². The Balaban J connectivity index is 2.41. The lowest BCUT2D eigenvalue weighted by Gasteiger charge is -2.39. The summed E-state index contributed by atoms with van der Waals surface area (Å²) in [5, 5.41) is 0. The second-order valence-electron chi connectivity index (χ2n) is 5.99. The summed E-state index contributed by atoms with van der Waals surface area (Å²) in [7, 11) is -3.69. The third-order valence-corrected chi connectivity index (χ3v) is 6.14.